The van der Waals surface area contributed by atoms with Gasteiger partial charge in [0.25, 0.3) is 0 Å². The number of carbonyl (C=O) groups is 1. The first kappa shape index (κ1) is 15.1. The van der Waals surface area contributed by atoms with Crippen LogP contribution in [0.4, 0.5) is 4.79 Å². The van der Waals surface area contributed by atoms with Crippen molar-refractivity contribution in [2.75, 3.05) is 6.54 Å². The Balaban J connectivity index is 1.79. The van der Waals surface area contributed by atoms with Gasteiger partial charge in [0.1, 0.15) is 0 Å². The normalized spacial score (nSPS) is 23.4. The molecule has 2 amide bonds. The lowest BCUT2D eigenvalue weighted by Crippen LogP contribution is -2.40. The number of carbonyl (C=O) groups excluding carboxylic acids is 1. The molecule has 0 aliphatic heterocycles. The molecule has 3 N–H and O–H groups in total. The van der Waals surface area contributed by atoms with Crippen LogP contribution in [0.15, 0.2) is 24.3 Å². The van der Waals surface area contributed by atoms with E-state index in [4.69, 9.17) is 11.6 Å². The fourth-order valence-corrected chi connectivity index (χ4v) is 2.78. The quantitative estimate of drug-likeness (QED) is 0.800. The Hall–Kier alpha value is -1.26. The molecule has 110 valence electrons. The second-order valence-corrected chi connectivity index (χ2v) is 5.83. The van der Waals surface area contributed by atoms with Gasteiger partial charge in [-0.1, -0.05) is 30.2 Å². The van der Waals surface area contributed by atoms with Crippen LogP contribution in [0.25, 0.3) is 0 Å². The highest BCUT2D eigenvalue weighted by Crippen LogP contribution is 2.24. The van der Waals surface area contributed by atoms with Crippen LogP contribution < -0.4 is 10.6 Å². The van der Waals surface area contributed by atoms with E-state index in [9.17, 15) is 9.90 Å². The van der Waals surface area contributed by atoms with E-state index in [-0.39, 0.29) is 24.1 Å². The average molecular weight is 297 g/mol. The Kier molecular flexibility index (Phi) is 5.26. The van der Waals surface area contributed by atoms with Gasteiger partial charge in [-0.25, -0.2) is 4.79 Å². The maximum absolute atomic E-state index is 11.8. The van der Waals surface area contributed by atoms with E-state index in [1.165, 1.54) is 0 Å². The van der Waals surface area contributed by atoms with E-state index >= 15 is 0 Å². The summed E-state index contributed by atoms with van der Waals surface area (Å²) in [6.45, 7) is 2.44. The molecule has 0 spiro atoms. The molecule has 1 aromatic carbocycles. The summed E-state index contributed by atoms with van der Waals surface area (Å²) in [7, 11) is 0. The third kappa shape index (κ3) is 4.12. The van der Waals surface area contributed by atoms with Crippen molar-refractivity contribution in [3.8, 4) is 0 Å². The van der Waals surface area contributed by atoms with E-state index in [1.807, 2.05) is 25.1 Å². The summed E-state index contributed by atoms with van der Waals surface area (Å²) < 4.78 is 0. The molecular weight excluding hydrogens is 276 g/mol. The highest BCUT2D eigenvalue weighted by atomic mass is 35.5. The first-order valence-corrected chi connectivity index (χ1v) is 7.42. The lowest BCUT2D eigenvalue weighted by atomic mass is 10.1. The molecule has 1 fully saturated rings. The van der Waals surface area contributed by atoms with Crippen molar-refractivity contribution in [3.63, 3.8) is 0 Å². The molecule has 1 aliphatic carbocycles. The van der Waals surface area contributed by atoms with Gasteiger partial charge in [-0.3, -0.25) is 0 Å². The Morgan fingerprint density at radius 3 is 2.95 bits per heavy atom. The number of amides is 2. The van der Waals surface area contributed by atoms with Crippen LogP contribution in [-0.2, 0) is 0 Å². The predicted molar refractivity (Wildman–Crippen MR) is 79.7 cm³/mol. The van der Waals surface area contributed by atoms with E-state index in [0.29, 0.717) is 11.6 Å². The van der Waals surface area contributed by atoms with Gasteiger partial charge >= 0.3 is 6.03 Å². The molecule has 0 bridgehead atoms. The predicted octanol–water partition coefficient (Wildman–Crippen LogP) is 2.86. The van der Waals surface area contributed by atoms with Crippen molar-refractivity contribution in [2.45, 2.75) is 38.3 Å². The molecule has 1 aliphatic rings. The van der Waals surface area contributed by atoms with E-state index in [0.717, 1.165) is 24.8 Å². The van der Waals surface area contributed by atoms with E-state index in [1.54, 1.807) is 6.07 Å². The second-order valence-electron chi connectivity index (χ2n) is 5.39. The van der Waals surface area contributed by atoms with Gasteiger partial charge < -0.3 is 15.7 Å². The molecular formula is C15H21ClN2O2. The first-order valence-electron chi connectivity index (χ1n) is 7.04. The first-order chi connectivity index (χ1) is 9.56. The Morgan fingerprint density at radius 2 is 2.30 bits per heavy atom. The van der Waals surface area contributed by atoms with Gasteiger partial charge in [-0.15, -0.1) is 0 Å². The zero-order valence-corrected chi connectivity index (χ0v) is 12.4. The zero-order valence-electron chi connectivity index (χ0n) is 11.6. The summed E-state index contributed by atoms with van der Waals surface area (Å²) in [6, 6.07) is 7.12. The Bertz CT molecular complexity index is 467. The van der Waals surface area contributed by atoms with Crippen LogP contribution >= 0.6 is 11.6 Å². The summed E-state index contributed by atoms with van der Waals surface area (Å²) in [5.41, 5.74) is 0.966. The number of benzene rings is 1. The second kappa shape index (κ2) is 6.95. The van der Waals surface area contributed by atoms with Gasteiger partial charge in [0, 0.05) is 17.5 Å². The molecule has 1 saturated carbocycles. The van der Waals surface area contributed by atoms with Gasteiger partial charge in [0.15, 0.2) is 0 Å². The monoisotopic (exact) mass is 296 g/mol. The summed E-state index contributed by atoms with van der Waals surface area (Å²) in [6.07, 6.45) is 2.58. The third-order valence-electron chi connectivity index (χ3n) is 3.84. The molecule has 3 atom stereocenters. The van der Waals surface area contributed by atoms with Crippen LogP contribution in [0.2, 0.25) is 5.02 Å². The van der Waals surface area contributed by atoms with Crippen LogP contribution in [0.5, 0.6) is 0 Å². The number of rotatable bonds is 4. The minimum atomic E-state index is -0.277. The topological polar surface area (TPSA) is 61.4 Å². The maximum Gasteiger partial charge on any atom is 0.315 e. The van der Waals surface area contributed by atoms with Crippen molar-refractivity contribution in [1.82, 2.24) is 10.6 Å². The van der Waals surface area contributed by atoms with Gasteiger partial charge in [0.05, 0.1) is 12.1 Å². The summed E-state index contributed by atoms with van der Waals surface area (Å²) in [4.78, 5) is 11.8. The average Bonchev–Trinajstić information content (AvgIpc) is 2.82. The molecule has 0 aromatic heterocycles. The minimum Gasteiger partial charge on any atom is -0.393 e. The number of urea groups is 1. The molecule has 5 heteroatoms. The smallest absolute Gasteiger partial charge is 0.315 e. The number of hydrogen-bond donors (Lipinski definition) is 3. The number of hydrogen-bond acceptors (Lipinski definition) is 2. The highest BCUT2D eigenvalue weighted by molar-refractivity contribution is 6.30. The number of nitrogens with one attached hydrogen (secondary N) is 2. The van der Waals surface area contributed by atoms with Crippen LogP contribution in [-0.4, -0.2) is 23.8 Å². The van der Waals surface area contributed by atoms with E-state index in [2.05, 4.69) is 10.6 Å². The Labute approximate surface area is 124 Å². The van der Waals surface area contributed by atoms with Gasteiger partial charge in [-0.05, 0) is 37.5 Å². The molecule has 0 radical (unpaired) electrons. The third-order valence-corrected chi connectivity index (χ3v) is 4.08. The number of halogens is 1. The highest BCUT2D eigenvalue weighted by Gasteiger charge is 2.25. The molecule has 0 saturated heterocycles. The van der Waals surface area contributed by atoms with Crippen molar-refractivity contribution in [3.05, 3.63) is 34.9 Å². The Morgan fingerprint density at radius 1 is 1.50 bits per heavy atom. The molecule has 1 aromatic rings. The lowest BCUT2D eigenvalue weighted by molar-refractivity contribution is 0.132. The van der Waals surface area contributed by atoms with Crippen LogP contribution in [0.1, 0.15) is 37.8 Å². The fourth-order valence-electron chi connectivity index (χ4n) is 2.59. The number of aliphatic hydroxyl groups excluding tert-OH is 1. The van der Waals surface area contributed by atoms with Crippen molar-refractivity contribution < 1.29 is 9.90 Å². The summed E-state index contributed by atoms with van der Waals surface area (Å²) >= 11 is 5.93. The molecule has 2 rings (SSSR count). The lowest BCUT2D eigenvalue weighted by Gasteiger charge is -2.18. The summed E-state index contributed by atoms with van der Waals surface area (Å²) in [5, 5.41) is 16.1. The largest absolute Gasteiger partial charge is 0.393 e. The minimum absolute atomic E-state index is 0.109. The molecule has 4 nitrogen and oxygen atoms in total. The van der Waals surface area contributed by atoms with Crippen LogP contribution in [0.3, 0.4) is 0 Å². The summed E-state index contributed by atoms with van der Waals surface area (Å²) in [5.74, 6) is 0.183. The van der Waals surface area contributed by atoms with Gasteiger partial charge in [-0.2, -0.15) is 0 Å². The van der Waals surface area contributed by atoms with Crippen LogP contribution in [0, 0.1) is 5.92 Å². The zero-order chi connectivity index (χ0) is 14.5. The van der Waals surface area contributed by atoms with E-state index < -0.39 is 0 Å². The standard InChI is InChI=1S/C15H21ClN2O2/c1-10(11-4-2-6-13(16)8-11)18-15(20)17-9-12-5-3-7-14(12)19/h2,4,6,8,10,12,14,19H,3,5,7,9H2,1H3,(H2,17,18,20). The number of aliphatic hydroxyl groups is 1. The molecule has 3 unspecified atom stereocenters. The SMILES string of the molecule is CC(NC(=O)NCC1CCCC1O)c1cccc(Cl)c1. The maximum atomic E-state index is 11.8. The fraction of sp³-hybridized carbons (Fsp3) is 0.533. The van der Waals surface area contributed by atoms with Crippen molar-refractivity contribution in [1.29, 1.82) is 0 Å². The van der Waals surface area contributed by atoms with Gasteiger partial charge in [0.2, 0.25) is 0 Å². The molecule has 0 heterocycles. The van der Waals surface area contributed by atoms with Crippen molar-refractivity contribution >= 4 is 17.6 Å². The molecule has 20 heavy (non-hydrogen) atoms. The van der Waals surface area contributed by atoms with Crippen molar-refractivity contribution in [2.24, 2.45) is 5.92 Å².